The second kappa shape index (κ2) is 4.18. The van der Waals surface area contributed by atoms with Crippen LogP contribution >= 0.6 is 0 Å². The van der Waals surface area contributed by atoms with Gasteiger partial charge in [0.1, 0.15) is 0 Å². The van der Waals surface area contributed by atoms with Gasteiger partial charge in [0.2, 0.25) is 5.91 Å². The Hall–Kier alpha value is -2.10. The summed E-state index contributed by atoms with van der Waals surface area (Å²) >= 11 is 0. The number of aryl methyl sites for hydroxylation is 1. The molecular formula is C12H13N3O. The largest absolute Gasteiger partial charge is 0.348 e. The molecule has 1 amide bonds. The maximum atomic E-state index is 11.1. The molecule has 4 heteroatoms. The lowest BCUT2D eigenvalue weighted by molar-refractivity contribution is -0.116. The number of aromatic nitrogens is 2. The van der Waals surface area contributed by atoms with Gasteiger partial charge in [0, 0.05) is 19.0 Å². The molecule has 2 rings (SSSR count). The molecule has 0 atom stereocenters. The minimum atomic E-state index is -0.166. The fourth-order valence-electron chi connectivity index (χ4n) is 1.65. The molecule has 0 fully saturated rings. The Balaban J connectivity index is 2.30. The van der Waals surface area contributed by atoms with Gasteiger partial charge < -0.3 is 5.32 Å². The van der Waals surface area contributed by atoms with Crippen molar-refractivity contribution < 1.29 is 4.79 Å². The van der Waals surface area contributed by atoms with Gasteiger partial charge in [-0.25, -0.2) is 0 Å². The van der Waals surface area contributed by atoms with Crippen LogP contribution in [0.2, 0.25) is 0 Å². The van der Waals surface area contributed by atoms with Crippen LogP contribution in [-0.2, 0) is 18.4 Å². The molecule has 0 saturated carbocycles. The van der Waals surface area contributed by atoms with Gasteiger partial charge in [-0.2, -0.15) is 5.10 Å². The third-order valence-electron chi connectivity index (χ3n) is 2.52. The highest BCUT2D eigenvalue weighted by molar-refractivity contribution is 5.87. The van der Waals surface area contributed by atoms with Crippen LogP contribution in [0, 0.1) is 0 Å². The third kappa shape index (κ3) is 1.82. The molecule has 2 aromatic rings. The maximum absolute atomic E-state index is 11.1. The van der Waals surface area contributed by atoms with Crippen molar-refractivity contribution in [1.82, 2.24) is 15.1 Å². The number of carbonyl (C=O) groups excluding carboxylic acids is 1. The Bertz CT molecular complexity index is 542. The molecular weight excluding hydrogens is 202 g/mol. The number of hydrogen-bond donors (Lipinski definition) is 1. The molecule has 0 spiro atoms. The molecule has 1 N–H and O–H groups in total. The summed E-state index contributed by atoms with van der Waals surface area (Å²) in [7, 11) is 1.90. The van der Waals surface area contributed by atoms with Crippen LogP contribution in [0.1, 0.15) is 5.56 Å². The lowest BCUT2D eigenvalue weighted by atomic mass is 10.1. The number of benzene rings is 1. The topological polar surface area (TPSA) is 46.9 Å². The predicted molar refractivity (Wildman–Crippen MR) is 62.8 cm³/mol. The highest BCUT2D eigenvalue weighted by atomic mass is 16.1. The van der Waals surface area contributed by atoms with Crippen LogP contribution in [0.25, 0.3) is 10.9 Å². The third-order valence-corrected chi connectivity index (χ3v) is 2.52. The molecule has 0 radical (unpaired) electrons. The molecule has 0 aliphatic heterocycles. The van der Waals surface area contributed by atoms with E-state index in [4.69, 9.17) is 0 Å². The van der Waals surface area contributed by atoms with Gasteiger partial charge in [0.15, 0.2) is 0 Å². The monoisotopic (exact) mass is 215 g/mol. The van der Waals surface area contributed by atoms with Gasteiger partial charge in [-0.1, -0.05) is 18.7 Å². The van der Waals surface area contributed by atoms with E-state index in [1.165, 1.54) is 6.08 Å². The van der Waals surface area contributed by atoms with E-state index in [9.17, 15) is 4.79 Å². The van der Waals surface area contributed by atoms with Crippen LogP contribution in [-0.4, -0.2) is 15.7 Å². The van der Waals surface area contributed by atoms with Crippen LogP contribution in [0.15, 0.2) is 37.1 Å². The molecule has 0 aliphatic carbocycles. The fraction of sp³-hybridized carbons (Fsp3) is 0.167. The summed E-state index contributed by atoms with van der Waals surface area (Å²) in [6, 6.07) is 5.94. The van der Waals surface area contributed by atoms with E-state index in [0.717, 1.165) is 16.5 Å². The SMILES string of the molecule is C=CC(=O)NCc1cccc2c1cnn2C. The Labute approximate surface area is 93.6 Å². The van der Waals surface area contributed by atoms with E-state index in [0.29, 0.717) is 6.54 Å². The lowest BCUT2D eigenvalue weighted by Gasteiger charge is -2.04. The van der Waals surface area contributed by atoms with Gasteiger partial charge in [-0.05, 0) is 17.7 Å². The highest BCUT2D eigenvalue weighted by Crippen LogP contribution is 2.17. The first-order chi connectivity index (χ1) is 7.72. The number of nitrogens with one attached hydrogen (secondary N) is 1. The van der Waals surface area contributed by atoms with Crippen molar-refractivity contribution in [2.24, 2.45) is 7.05 Å². The van der Waals surface area contributed by atoms with Gasteiger partial charge in [0.05, 0.1) is 11.7 Å². The second-order valence-electron chi connectivity index (χ2n) is 3.54. The van der Waals surface area contributed by atoms with E-state index in [-0.39, 0.29) is 5.91 Å². The van der Waals surface area contributed by atoms with Gasteiger partial charge >= 0.3 is 0 Å². The van der Waals surface area contributed by atoms with Crippen molar-refractivity contribution in [2.45, 2.75) is 6.54 Å². The number of fused-ring (bicyclic) bond motifs is 1. The van der Waals surface area contributed by atoms with Crippen LogP contribution in [0.4, 0.5) is 0 Å². The maximum Gasteiger partial charge on any atom is 0.243 e. The van der Waals surface area contributed by atoms with Crippen molar-refractivity contribution in [1.29, 1.82) is 0 Å². The van der Waals surface area contributed by atoms with Gasteiger partial charge in [0.25, 0.3) is 0 Å². The summed E-state index contributed by atoms with van der Waals surface area (Å²) in [6.07, 6.45) is 3.08. The van der Waals surface area contributed by atoms with E-state index in [2.05, 4.69) is 17.0 Å². The molecule has 1 heterocycles. The standard InChI is InChI=1S/C12H13N3O/c1-3-12(16)13-7-9-5-4-6-11-10(9)8-14-15(11)2/h3-6,8H,1,7H2,2H3,(H,13,16). The number of hydrogen-bond acceptors (Lipinski definition) is 2. The van der Waals surface area contributed by atoms with Crippen molar-refractivity contribution in [3.05, 3.63) is 42.6 Å². The number of amides is 1. The summed E-state index contributed by atoms with van der Waals surface area (Å²) in [5, 5.41) is 8.01. The Kier molecular flexibility index (Phi) is 2.72. The number of rotatable bonds is 3. The average Bonchev–Trinajstić information content (AvgIpc) is 2.69. The zero-order chi connectivity index (χ0) is 11.5. The predicted octanol–water partition coefficient (Wildman–Crippen LogP) is 1.38. The summed E-state index contributed by atoms with van der Waals surface area (Å²) in [4.78, 5) is 11.1. The molecule has 82 valence electrons. The van der Waals surface area contributed by atoms with Gasteiger partial charge in [-0.15, -0.1) is 0 Å². The molecule has 16 heavy (non-hydrogen) atoms. The summed E-state index contributed by atoms with van der Waals surface area (Å²) in [5.74, 6) is -0.166. The first-order valence-electron chi connectivity index (χ1n) is 5.02. The molecule has 1 aromatic heterocycles. The highest BCUT2D eigenvalue weighted by Gasteiger charge is 2.04. The minimum Gasteiger partial charge on any atom is -0.348 e. The van der Waals surface area contributed by atoms with Crippen molar-refractivity contribution in [3.63, 3.8) is 0 Å². The van der Waals surface area contributed by atoms with E-state index >= 15 is 0 Å². The Morgan fingerprint density at radius 1 is 1.62 bits per heavy atom. The molecule has 0 unspecified atom stereocenters. The summed E-state index contributed by atoms with van der Waals surface area (Å²) in [5.41, 5.74) is 2.12. The zero-order valence-corrected chi connectivity index (χ0v) is 9.10. The number of carbonyl (C=O) groups is 1. The van der Waals surface area contributed by atoms with Crippen LogP contribution in [0.3, 0.4) is 0 Å². The van der Waals surface area contributed by atoms with E-state index in [1.807, 2.05) is 36.1 Å². The zero-order valence-electron chi connectivity index (χ0n) is 9.10. The lowest BCUT2D eigenvalue weighted by Crippen LogP contribution is -2.19. The smallest absolute Gasteiger partial charge is 0.243 e. The molecule has 1 aromatic carbocycles. The normalized spacial score (nSPS) is 10.3. The second-order valence-corrected chi connectivity index (χ2v) is 3.54. The molecule has 0 bridgehead atoms. The number of nitrogens with zero attached hydrogens (tertiary/aromatic N) is 2. The van der Waals surface area contributed by atoms with Crippen molar-refractivity contribution in [2.75, 3.05) is 0 Å². The van der Waals surface area contributed by atoms with Crippen molar-refractivity contribution in [3.8, 4) is 0 Å². The molecule has 0 saturated heterocycles. The van der Waals surface area contributed by atoms with Crippen LogP contribution < -0.4 is 5.32 Å². The summed E-state index contributed by atoms with van der Waals surface area (Å²) in [6.45, 7) is 3.90. The average molecular weight is 215 g/mol. The van der Waals surface area contributed by atoms with Crippen LogP contribution in [0.5, 0.6) is 0 Å². The fourth-order valence-corrected chi connectivity index (χ4v) is 1.65. The van der Waals surface area contributed by atoms with Gasteiger partial charge in [-0.3, -0.25) is 9.48 Å². The molecule has 0 aliphatic rings. The first kappa shape index (κ1) is 10.4. The van der Waals surface area contributed by atoms with E-state index < -0.39 is 0 Å². The minimum absolute atomic E-state index is 0.166. The molecule has 4 nitrogen and oxygen atoms in total. The Morgan fingerprint density at radius 3 is 3.19 bits per heavy atom. The summed E-state index contributed by atoms with van der Waals surface area (Å²) < 4.78 is 1.81. The first-order valence-corrected chi connectivity index (χ1v) is 5.02. The van der Waals surface area contributed by atoms with Crippen molar-refractivity contribution >= 4 is 16.8 Å². The van der Waals surface area contributed by atoms with E-state index in [1.54, 1.807) is 0 Å². The quantitative estimate of drug-likeness (QED) is 0.786. The Morgan fingerprint density at radius 2 is 2.44 bits per heavy atom.